The zero-order chi connectivity index (χ0) is 19.6. The van der Waals surface area contributed by atoms with E-state index in [0.29, 0.717) is 31.7 Å². The molecule has 9 heteroatoms. The molecule has 2 fully saturated rings. The maximum atomic E-state index is 15.9. The molecule has 1 saturated carbocycles. The Kier molecular flexibility index (Phi) is 3.70. The second-order valence-electron chi connectivity index (χ2n) is 7.47. The lowest BCUT2D eigenvalue weighted by molar-refractivity contribution is 0.0694. The Hall–Kier alpha value is -2.94. The lowest BCUT2D eigenvalue weighted by atomic mass is 9.97. The number of aromatic nitrogens is 1. The van der Waals surface area contributed by atoms with Crippen LogP contribution in [0.2, 0.25) is 0 Å². The van der Waals surface area contributed by atoms with Gasteiger partial charge in [0.15, 0.2) is 5.82 Å². The zero-order valence-corrected chi connectivity index (χ0v) is 15.0. The van der Waals surface area contributed by atoms with E-state index in [2.05, 4.69) is 10.6 Å². The summed E-state index contributed by atoms with van der Waals surface area (Å²) in [5.74, 6) is -2.39. The highest BCUT2D eigenvalue weighted by molar-refractivity contribution is 6.10. The van der Waals surface area contributed by atoms with Crippen molar-refractivity contribution in [1.82, 2.24) is 15.2 Å². The van der Waals surface area contributed by atoms with Gasteiger partial charge in [-0.05, 0) is 18.4 Å². The van der Waals surface area contributed by atoms with Crippen LogP contribution >= 0.6 is 0 Å². The molecule has 3 heterocycles. The molecule has 1 saturated heterocycles. The molecule has 2 aromatic rings. The number of carboxylic acids is 1. The van der Waals surface area contributed by atoms with Gasteiger partial charge < -0.3 is 25.2 Å². The molecule has 0 bridgehead atoms. The van der Waals surface area contributed by atoms with Crippen LogP contribution in [0.15, 0.2) is 11.0 Å². The van der Waals surface area contributed by atoms with E-state index in [1.807, 2.05) is 4.90 Å². The Labute approximate surface area is 158 Å². The molecule has 5 rings (SSSR count). The highest BCUT2D eigenvalue weighted by atomic mass is 19.1. The molecule has 8 nitrogen and oxygen atoms in total. The smallest absolute Gasteiger partial charge is 0.341 e. The van der Waals surface area contributed by atoms with E-state index in [-0.39, 0.29) is 34.7 Å². The fraction of sp³-hybridized carbons (Fsp3) is 0.421. The van der Waals surface area contributed by atoms with Crippen LogP contribution in [0.3, 0.4) is 0 Å². The molecule has 1 amide bonds. The van der Waals surface area contributed by atoms with Crippen LogP contribution in [0, 0.1) is 5.82 Å². The quantitative estimate of drug-likeness (QED) is 0.722. The first-order valence-electron chi connectivity index (χ1n) is 9.39. The lowest BCUT2D eigenvalue weighted by Crippen LogP contribution is -2.44. The number of carboxylic acid groups (broad SMARTS) is 1. The van der Waals surface area contributed by atoms with Crippen LogP contribution in [0.5, 0.6) is 0 Å². The molecular formula is C19H19FN4O4. The monoisotopic (exact) mass is 386 g/mol. The summed E-state index contributed by atoms with van der Waals surface area (Å²) in [6.07, 6.45) is 2.85. The summed E-state index contributed by atoms with van der Waals surface area (Å²) in [7, 11) is 0. The summed E-state index contributed by atoms with van der Waals surface area (Å²) in [4.78, 5) is 38.9. The Morgan fingerprint density at radius 1 is 1.21 bits per heavy atom. The average Bonchev–Trinajstić information content (AvgIpc) is 3.46. The van der Waals surface area contributed by atoms with E-state index in [0.717, 1.165) is 12.8 Å². The molecule has 146 valence electrons. The molecule has 0 atom stereocenters. The van der Waals surface area contributed by atoms with Crippen LogP contribution < -0.4 is 21.0 Å². The van der Waals surface area contributed by atoms with Crippen molar-refractivity contribution in [2.24, 2.45) is 0 Å². The van der Waals surface area contributed by atoms with Gasteiger partial charge in [-0.2, -0.15) is 0 Å². The van der Waals surface area contributed by atoms with Crippen molar-refractivity contribution >= 4 is 28.5 Å². The van der Waals surface area contributed by atoms with Gasteiger partial charge in [-0.15, -0.1) is 0 Å². The number of carbonyl (C=O) groups excluding carboxylic acids is 1. The third-order valence-electron chi connectivity index (χ3n) is 5.75. The second kappa shape index (κ2) is 6.03. The highest BCUT2D eigenvalue weighted by Crippen LogP contribution is 2.42. The van der Waals surface area contributed by atoms with Crippen LogP contribution in [-0.4, -0.2) is 47.7 Å². The maximum Gasteiger partial charge on any atom is 0.341 e. The molecule has 3 aliphatic rings. The number of nitrogens with zero attached hydrogens (tertiary/aromatic N) is 2. The van der Waals surface area contributed by atoms with Crippen molar-refractivity contribution in [3.63, 3.8) is 0 Å². The third kappa shape index (κ3) is 2.35. The topological polar surface area (TPSA) is 104 Å². The Morgan fingerprint density at radius 3 is 2.57 bits per heavy atom. The van der Waals surface area contributed by atoms with E-state index >= 15 is 4.39 Å². The number of benzene rings is 1. The third-order valence-corrected chi connectivity index (χ3v) is 5.75. The van der Waals surface area contributed by atoms with Crippen molar-refractivity contribution in [1.29, 1.82) is 0 Å². The summed E-state index contributed by atoms with van der Waals surface area (Å²) in [5, 5.41) is 15.4. The number of nitrogens with one attached hydrogen (secondary N) is 2. The number of aromatic carboxylic acids is 1. The Balaban J connectivity index is 1.92. The predicted molar refractivity (Wildman–Crippen MR) is 99.6 cm³/mol. The van der Waals surface area contributed by atoms with E-state index in [1.165, 1.54) is 6.20 Å². The molecule has 28 heavy (non-hydrogen) atoms. The molecule has 0 spiro atoms. The van der Waals surface area contributed by atoms with Gasteiger partial charge in [0, 0.05) is 45.0 Å². The minimum absolute atomic E-state index is 0.0107. The van der Waals surface area contributed by atoms with Crippen LogP contribution in [0.1, 0.15) is 45.2 Å². The molecule has 2 aliphatic heterocycles. The van der Waals surface area contributed by atoms with Crippen LogP contribution in [0.25, 0.3) is 10.9 Å². The first-order chi connectivity index (χ1) is 13.5. The van der Waals surface area contributed by atoms with Crippen LogP contribution in [-0.2, 0) is 6.54 Å². The Bertz CT molecular complexity index is 1100. The summed E-state index contributed by atoms with van der Waals surface area (Å²) in [5.41, 5.74) is -0.239. The summed E-state index contributed by atoms with van der Waals surface area (Å²) < 4.78 is 17.5. The van der Waals surface area contributed by atoms with E-state index < -0.39 is 28.7 Å². The maximum absolute atomic E-state index is 15.9. The summed E-state index contributed by atoms with van der Waals surface area (Å²) in [6, 6.07) is -0.0327. The molecule has 0 unspecified atom stereocenters. The molecule has 3 N–H and O–H groups in total. The van der Waals surface area contributed by atoms with Gasteiger partial charge >= 0.3 is 5.97 Å². The number of halogens is 1. The standard InChI is InChI=1S/C19H19FN4O4/c20-14-15(23-5-3-21-4-6-23)13-10(7-22-18(13)26)12-16(14)24(9-1-2-9)8-11(17(12)25)19(27)28/h8-9,21H,1-7H2,(H,22,26)(H,27,28). The molecular weight excluding hydrogens is 367 g/mol. The lowest BCUT2D eigenvalue weighted by Gasteiger charge is -2.31. The van der Waals surface area contributed by atoms with Crippen molar-refractivity contribution in [2.75, 3.05) is 31.1 Å². The van der Waals surface area contributed by atoms with Crippen molar-refractivity contribution in [2.45, 2.75) is 25.4 Å². The Morgan fingerprint density at radius 2 is 1.93 bits per heavy atom. The average molecular weight is 386 g/mol. The molecule has 1 aromatic carbocycles. The highest BCUT2D eigenvalue weighted by Gasteiger charge is 2.36. The normalized spacial score (nSPS) is 19.0. The van der Waals surface area contributed by atoms with Gasteiger partial charge in [0.05, 0.1) is 22.2 Å². The van der Waals surface area contributed by atoms with Crippen LogP contribution in [0.4, 0.5) is 10.1 Å². The van der Waals surface area contributed by atoms with Crippen molar-refractivity contribution < 1.29 is 19.1 Å². The van der Waals surface area contributed by atoms with E-state index in [1.54, 1.807) is 4.57 Å². The number of rotatable bonds is 3. The summed E-state index contributed by atoms with van der Waals surface area (Å²) in [6.45, 7) is 2.52. The minimum Gasteiger partial charge on any atom is -0.477 e. The SMILES string of the molecule is O=C1NCc2c1c(N1CCNCC1)c(F)c1c2c(=O)c(C(=O)O)cn1C1CC1. The fourth-order valence-corrected chi connectivity index (χ4v) is 4.28. The minimum atomic E-state index is -1.35. The molecule has 0 radical (unpaired) electrons. The van der Waals surface area contributed by atoms with Gasteiger partial charge in [0.1, 0.15) is 5.56 Å². The van der Waals surface area contributed by atoms with Gasteiger partial charge in [0.25, 0.3) is 5.91 Å². The second-order valence-corrected chi connectivity index (χ2v) is 7.47. The number of fused-ring (bicyclic) bond motifs is 3. The van der Waals surface area contributed by atoms with Gasteiger partial charge in [-0.3, -0.25) is 9.59 Å². The van der Waals surface area contributed by atoms with Gasteiger partial charge in [-0.1, -0.05) is 0 Å². The number of amides is 1. The number of pyridine rings is 1. The molecule has 1 aliphatic carbocycles. The largest absolute Gasteiger partial charge is 0.477 e. The number of anilines is 1. The predicted octanol–water partition coefficient (Wildman–Crippen LogP) is 0.827. The number of carbonyl (C=O) groups is 2. The first-order valence-corrected chi connectivity index (χ1v) is 9.39. The summed E-state index contributed by atoms with van der Waals surface area (Å²) >= 11 is 0. The van der Waals surface area contributed by atoms with Crippen molar-refractivity contribution in [3.8, 4) is 0 Å². The number of hydrogen-bond acceptors (Lipinski definition) is 5. The fourth-order valence-electron chi connectivity index (χ4n) is 4.28. The number of piperazine rings is 1. The zero-order valence-electron chi connectivity index (χ0n) is 15.0. The van der Waals surface area contributed by atoms with E-state index in [9.17, 15) is 19.5 Å². The van der Waals surface area contributed by atoms with Crippen molar-refractivity contribution in [3.05, 3.63) is 38.9 Å². The van der Waals surface area contributed by atoms with Gasteiger partial charge in [0.2, 0.25) is 5.43 Å². The van der Waals surface area contributed by atoms with Gasteiger partial charge in [-0.25, -0.2) is 9.18 Å². The van der Waals surface area contributed by atoms with E-state index in [4.69, 9.17) is 0 Å². The number of hydrogen-bond donors (Lipinski definition) is 3. The molecule has 1 aromatic heterocycles. The first kappa shape index (κ1) is 17.2.